The van der Waals surface area contributed by atoms with Crippen molar-refractivity contribution in [1.29, 1.82) is 0 Å². The number of carboxylic acid groups (broad SMARTS) is 1. The summed E-state index contributed by atoms with van der Waals surface area (Å²) in [6.45, 7) is 0. The molecule has 0 aliphatic rings. The van der Waals surface area contributed by atoms with Crippen LogP contribution in [0.2, 0.25) is 0 Å². The highest BCUT2D eigenvalue weighted by atomic mass is 32.2. The minimum atomic E-state index is -0.941. The number of esters is 1. The summed E-state index contributed by atoms with van der Waals surface area (Å²) in [5.41, 5.74) is 0.758. The van der Waals surface area contributed by atoms with E-state index in [1.807, 2.05) is 12.1 Å². The molecule has 0 unspecified atom stereocenters. The van der Waals surface area contributed by atoms with Gasteiger partial charge in [0.2, 0.25) is 0 Å². The molecular weight excluding hydrogens is 276 g/mol. The highest BCUT2D eigenvalue weighted by Crippen LogP contribution is 2.28. The Morgan fingerprint density at radius 2 is 1.35 bits per heavy atom. The number of carbonyl (C=O) groups is 2. The standard InChI is InChI=1S/C15H12O4S/c1-19-15(18)11-4-8-13(9-5-11)20-12-6-2-10(3-7-12)14(16)17/h2-9H,1H3,(H,16,17). The Bertz CT molecular complexity index is 617. The average molecular weight is 288 g/mol. The first kappa shape index (κ1) is 14.1. The van der Waals surface area contributed by atoms with Crippen molar-refractivity contribution in [2.75, 3.05) is 7.11 Å². The molecule has 2 aromatic carbocycles. The predicted octanol–water partition coefficient (Wildman–Crippen LogP) is 3.32. The Kier molecular flexibility index (Phi) is 4.42. The van der Waals surface area contributed by atoms with E-state index in [2.05, 4.69) is 4.74 Å². The van der Waals surface area contributed by atoms with E-state index in [-0.39, 0.29) is 11.5 Å². The smallest absolute Gasteiger partial charge is 0.337 e. The van der Waals surface area contributed by atoms with Crippen LogP contribution in [-0.4, -0.2) is 24.2 Å². The zero-order valence-corrected chi connectivity index (χ0v) is 11.5. The molecule has 20 heavy (non-hydrogen) atoms. The SMILES string of the molecule is COC(=O)c1ccc(Sc2ccc(C(=O)O)cc2)cc1. The molecule has 0 saturated carbocycles. The van der Waals surface area contributed by atoms with Crippen molar-refractivity contribution < 1.29 is 19.4 Å². The van der Waals surface area contributed by atoms with Gasteiger partial charge in [-0.15, -0.1) is 0 Å². The second-order valence-corrected chi connectivity index (χ2v) is 5.09. The maximum absolute atomic E-state index is 11.3. The molecule has 2 rings (SSSR count). The van der Waals surface area contributed by atoms with E-state index in [0.717, 1.165) is 9.79 Å². The monoisotopic (exact) mass is 288 g/mol. The lowest BCUT2D eigenvalue weighted by Gasteiger charge is -2.04. The van der Waals surface area contributed by atoms with Crippen LogP contribution in [0.25, 0.3) is 0 Å². The normalized spacial score (nSPS) is 10.1. The van der Waals surface area contributed by atoms with Crippen LogP contribution in [0.3, 0.4) is 0 Å². The van der Waals surface area contributed by atoms with Gasteiger partial charge in [-0.1, -0.05) is 11.8 Å². The Hall–Kier alpha value is -2.27. The van der Waals surface area contributed by atoms with E-state index in [1.54, 1.807) is 36.4 Å². The van der Waals surface area contributed by atoms with Crippen molar-refractivity contribution in [1.82, 2.24) is 0 Å². The maximum atomic E-state index is 11.3. The fraction of sp³-hybridized carbons (Fsp3) is 0.0667. The van der Waals surface area contributed by atoms with Crippen LogP contribution in [0, 0.1) is 0 Å². The summed E-state index contributed by atoms with van der Waals surface area (Å²) in [6, 6.07) is 13.7. The fourth-order valence-corrected chi connectivity index (χ4v) is 2.40. The molecule has 1 N–H and O–H groups in total. The second-order valence-electron chi connectivity index (χ2n) is 3.95. The molecule has 0 aliphatic heterocycles. The van der Waals surface area contributed by atoms with Crippen LogP contribution in [0.1, 0.15) is 20.7 Å². The fourth-order valence-electron chi connectivity index (χ4n) is 1.58. The van der Waals surface area contributed by atoms with Crippen molar-refractivity contribution >= 4 is 23.7 Å². The molecule has 0 bridgehead atoms. The summed E-state index contributed by atoms with van der Waals surface area (Å²) < 4.78 is 4.63. The number of methoxy groups -OCH3 is 1. The number of benzene rings is 2. The highest BCUT2D eigenvalue weighted by Gasteiger charge is 2.06. The Morgan fingerprint density at radius 3 is 1.75 bits per heavy atom. The maximum Gasteiger partial charge on any atom is 0.337 e. The van der Waals surface area contributed by atoms with Crippen molar-refractivity contribution in [2.45, 2.75) is 9.79 Å². The third-order valence-electron chi connectivity index (χ3n) is 2.61. The Morgan fingerprint density at radius 1 is 0.900 bits per heavy atom. The molecule has 0 atom stereocenters. The van der Waals surface area contributed by atoms with Gasteiger partial charge < -0.3 is 9.84 Å². The number of aromatic carboxylic acids is 1. The van der Waals surface area contributed by atoms with Crippen LogP contribution in [0.5, 0.6) is 0 Å². The third-order valence-corrected chi connectivity index (χ3v) is 3.63. The van der Waals surface area contributed by atoms with E-state index < -0.39 is 5.97 Å². The zero-order chi connectivity index (χ0) is 14.5. The van der Waals surface area contributed by atoms with Gasteiger partial charge >= 0.3 is 11.9 Å². The van der Waals surface area contributed by atoms with Gasteiger partial charge in [0, 0.05) is 9.79 Å². The highest BCUT2D eigenvalue weighted by molar-refractivity contribution is 7.99. The van der Waals surface area contributed by atoms with Crippen LogP contribution in [0.4, 0.5) is 0 Å². The molecule has 0 radical (unpaired) electrons. The van der Waals surface area contributed by atoms with Gasteiger partial charge in [-0.3, -0.25) is 0 Å². The first-order valence-electron chi connectivity index (χ1n) is 5.80. The molecule has 0 saturated heterocycles. The molecule has 0 heterocycles. The van der Waals surface area contributed by atoms with Crippen molar-refractivity contribution in [3.05, 3.63) is 59.7 Å². The summed E-state index contributed by atoms with van der Waals surface area (Å²) in [6.07, 6.45) is 0. The molecule has 0 aromatic heterocycles. The minimum Gasteiger partial charge on any atom is -0.478 e. The van der Waals surface area contributed by atoms with E-state index in [0.29, 0.717) is 5.56 Å². The van der Waals surface area contributed by atoms with Gasteiger partial charge in [-0.05, 0) is 48.5 Å². The largest absolute Gasteiger partial charge is 0.478 e. The molecule has 4 nitrogen and oxygen atoms in total. The molecule has 0 amide bonds. The molecular formula is C15H12O4S. The number of carbonyl (C=O) groups excluding carboxylic acids is 1. The zero-order valence-electron chi connectivity index (χ0n) is 10.7. The number of hydrogen-bond acceptors (Lipinski definition) is 4. The number of ether oxygens (including phenoxy) is 1. The lowest BCUT2D eigenvalue weighted by molar-refractivity contribution is 0.0599. The number of rotatable bonds is 4. The second kappa shape index (κ2) is 6.25. The summed E-state index contributed by atoms with van der Waals surface area (Å²) in [4.78, 5) is 23.9. The molecule has 2 aromatic rings. The van der Waals surface area contributed by atoms with Crippen LogP contribution >= 0.6 is 11.8 Å². The number of hydrogen-bond donors (Lipinski definition) is 1. The van der Waals surface area contributed by atoms with E-state index in [1.165, 1.54) is 18.9 Å². The first-order chi connectivity index (χ1) is 9.60. The molecule has 0 spiro atoms. The van der Waals surface area contributed by atoms with Gasteiger partial charge in [-0.2, -0.15) is 0 Å². The predicted molar refractivity (Wildman–Crippen MR) is 75.3 cm³/mol. The van der Waals surface area contributed by atoms with Gasteiger partial charge in [-0.25, -0.2) is 9.59 Å². The minimum absolute atomic E-state index is 0.260. The summed E-state index contributed by atoms with van der Waals surface area (Å²) in [5.74, 6) is -1.31. The number of carboxylic acids is 1. The van der Waals surface area contributed by atoms with Gasteiger partial charge in [0.15, 0.2) is 0 Å². The van der Waals surface area contributed by atoms with E-state index >= 15 is 0 Å². The Labute approximate surface area is 120 Å². The quantitative estimate of drug-likeness (QED) is 0.874. The molecule has 5 heteroatoms. The first-order valence-corrected chi connectivity index (χ1v) is 6.61. The van der Waals surface area contributed by atoms with Crippen LogP contribution in [-0.2, 0) is 4.74 Å². The van der Waals surface area contributed by atoms with E-state index in [4.69, 9.17) is 5.11 Å². The lowest BCUT2D eigenvalue weighted by atomic mass is 10.2. The Balaban J connectivity index is 2.10. The van der Waals surface area contributed by atoms with Crippen LogP contribution in [0.15, 0.2) is 58.3 Å². The summed E-state index contributed by atoms with van der Waals surface area (Å²) in [5, 5.41) is 8.82. The van der Waals surface area contributed by atoms with Gasteiger partial charge in [0.05, 0.1) is 18.2 Å². The topological polar surface area (TPSA) is 63.6 Å². The van der Waals surface area contributed by atoms with Gasteiger partial charge in [0.25, 0.3) is 0 Å². The third kappa shape index (κ3) is 3.39. The van der Waals surface area contributed by atoms with Crippen molar-refractivity contribution in [2.24, 2.45) is 0 Å². The van der Waals surface area contributed by atoms with E-state index in [9.17, 15) is 9.59 Å². The van der Waals surface area contributed by atoms with Crippen molar-refractivity contribution in [3.8, 4) is 0 Å². The summed E-state index contributed by atoms with van der Waals surface area (Å²) >= 11 is 1.49. The molecule has 0 fully saturated rings. The van der Waals surface area contributed by atoms with Crippen molar-refractivity contribution in [3.63, 3.8) is 0 Å². The lowest BCUT2D eigenvalue weighted by Crippen LogP contribution is -2.00. The molecule has 0 aliphatic carbocycles. The average Bonchev–Trinajstić information content (AvgIpc) is 2.48. The van der Waals surface area contributed by atoms with Gasteiger partial charge in [0.1, 0.15) is 0 Å². The summed E-state index contributed by atoms with van der Waals surface area (Å²) in [7, 11) is 1.34. The molecule has 102 valence electrons. The van der Waals surface area contributed by atoms with Crippen LogP contribution < -0.4 is 0 Å².